The first-order valence-corrected chi connectivity index (χ1v) is 6.60. The van der Waals surface area contributed by atoms with E-state index in [-0.39, 0.29) is 0 Å². The molecule has 1 heterocycles. The highest BCUT2D eigenvalue weighted by Gasteiger charge is 1.99. The van der Waals surface area contributed by atoms with Crippen LogP contribution < -0.4 is 10.6 Å². The number of anilines is 2. The van der Waals surface area contributed by atoms with Gasteiger partial charge in [-0.25, -0.2) is 0 Å². The molecular weight excluding hydrogens is 238 g/mol. The molecule has 100 valence electrons. The smallest absolute Gasteiger partial charge is 0.244 e. The highest BCUT2D eigenvalue weighted by atomic mass is 15.3. The average Bonchev–Trinajstić information content (AvgIpc) is 2.47. The number of hydrogen-bond acceptors (Lipinski definition) is 5. The minimum atomic E-state index is 0.567. The van der Waals surface area contributed by atoms with Crippen LogP contribution in [0.3, 0.4) is 0 Å². The summed E-state index contributed by atoms with van der Waals surface area (Å²) in [5.41, 5.74) is 1.29. The molecule has 0 amide bonds. The number of rotatable bonds is 7. The first-order chi connectivity index (χ1) is 9.38. The molecule has 5 nitrogen and oxygen atoms in total. The Bertz CT molecular complexity index is 486. The van der Waals surface area contributed by atoms with Gasteiger partial charge in [0.05, 0.1) is 6.20 Å². The van der Waals surface area contributed by atoms with Crippen LogP contribution in [-0.4, -0.2) is 28.3 Å². The van der Waals surface area contributed by atoms with Crippen LogP contribution in [0.1, 0.15) is 18.9 Å². The van der Waals surface area contributed by atoms with E-state index >= 15 is 0 Å². The van der Waals surface area contributed by atoms with Gasteiger partial charge in [0.25, 0.3) is 0 Å². The van der Waals surface area contributed by atoms with E-state index in [1.54, 1.807) is 6.20 Å². The molecule has 2 rings (SSSR count). The summed E-state index contributed by atoms with van der Waals surface area (Å²) >= 11 is 0. The molecule has 0 spiro atoms. The lowest BCUT2D eigenvalue weighted by Crippen LogP contribution is -2.10. The summed E-state index contributed by atoms with van der Waals surface area (Å²) in [6.07, 6.45) is 3.63. The van der Waals surface area contributed by atoms with Gasteiger partial charge in [0.2, 0.25) is 5.95 Å². The van der Waals surface area contributed by atoms with Crippen molar-refractivity contribution >= 4 is 11.8 Å². The van der Waals surface area contributed by atoms with Crippen molar-refractivity contribution in [1.29, 1.82) is 0 Å². The Labute approximate surface area is 113 Å². The summed E-state index contributed by atoms with van der Waals surface area (Å²) in [4.78, 5) is 4.35. The van der Waals surface area contributed by atoms with E-state index in [9.17, 15) is 0 Å². The molecule has 0 saturated heterocycles. The number of nitrogens with zero attached hydrogens (tertiary/aromatic N) is 3. The summed E-state index contributed by atoms with van der Waals surface area (Å²) in [6.45, 7) is 3.80. The number of hydrogen-bond donors (Lipinski definition) is 2. The third-order valence-electron chi connectivity index (χ3n) is 2.65. The Morgan fingerprint density at radius 3 is 2.68 bits per heavy atom. The van der Waals surface area contributed by atoms with E-state index in [0.717, 1.165) is 31.7 Å². The zero-order chi connectivity index (χ0) is 13.3. The SMILES string of the molecule is CCCNc1cnnc(NCCc2ccccc2)n1. The lowest BCUT2D eigenvalue weighted by molar-refractivity contribution is 0.909. The topological polar surface area (TPSA) is 62.7 Å². The molecule has 0 bridgehead atoms. The van der Waals surface area contributed by atoms with Gasteiger partial charge in [-0.15, -0.1) is 5.10 Å². The Kier molecular flexibility index (Phi) is 5.10. The second-order valence-electron chi connectivity index (χ2n) is 4.25. The van der Waals surface area contributed by atoms with Crippen LogP contribution >= 0.6 is 0 Å². The van der Waals surface area contributed by atoms with Crippen LogP contribution in [0, 0.1) is 0 Å². The van der Waals surface area contributed by atoms with Gasteiger partial charge >= 0.3 is 0 Å². The maximum Gasteiger partial charge on any atom is 0.244 e. The second kappa shape index (κ2) is 7.31. The van der Waals surface area contributed by atoms with Crippen molar-refractivity contribution in [2.75, 3.05) is 23.7 Å². The van der Waals surface area contributed by atoms with Gasteiger partial charge in [0.15, 0.2) is 0 Å². The summed E-state index contributed by atoms with van der Waals surface area (Å²) in [5, 5.41) is 14.3. The van der Waals surface area contributed by atoms with Gasteiger partial charge in [-0.2, -0.15) is 10.1 Å². The van der Waals surface area contributed by atoms with Crippen LogP contribution in [0.4, 0.5) is 11.8 Å². The van der Waals surface area contributed by atoms with E-state index in [0.29, 0.717) is 5.95 Å². The highest BCUT2D eigenvalue weighted by molar-refractivity contribution is 5.36. The molecule has 0 aliphatic heterocycles. The average molecular weight is 257 g/mol. The van der Waals surface area contributed by atoms with Crippen molar-refractivity contribution in [3.8, 4) is 0 Å². The Hall–Kier alpha value is -2.17. The van der Waals surface area contributed by atoms with Crippen molar-refractivity contribution in [2.45, 2.75) is 19.8 Å². The molecule has 0 saturated carbocycles. The van der Waals surface area contributed by atoms with Gasteiger partial charge in [-0.1, -0.05) is 37.3 Å². The fourth-order valence-electron chi connectivity index (χ4n) is 1.68. The van der Waals surface area contributed by atoms with Crippen molar-refractivity contribution < 1.29 is 0 Å². The number of nitrogens with one attached hydrogen (secondary N) is 2. The van der Waals surface area contributed by atoms with E-state index in [2.05, 4.69) is 44.9 Å². The molecule has 5 heteroatoms. The van der Waals surface area contributed by atoms with Gasteiger partial charge < -0.3 is 10.6 Å². The second-order valence-corrected chi connectivity index (χ2v) is 4.25. The van der Waals surface area contributed by atoms with Crippen LogP contribution in [0.2, 0.25) is 0 Å². The summed E-state index contributed by atoms with van der Waals surface area (Å²) in [5.74, 6) is 1.33. The van der Waals surface area contributed by atoms with Crippen molar-refractivity contribution in [1.82, 2.24) is 15.2 Å². The van der Waals surface area contributed by atoms with Crippen molar-refractivity contribution in [2.24, 2.45) is 0 Å². The van der Waals surface area contributed by atoms with E-state index < -0.39 is 0 Å². The van der Waals surface area contributed by atoms with Crippen LogP contribution in [-0.2, 0) is 6.42 Å². The molecule has 0 atom stereocenters. The maximum atomic E-state index is 4.35. The predicted molar refractivity (Wildman–Crippen MR) is 77.2 cm³/mol. The van der Waals surface area contributed by atoms with E-state index in [4.69, 9.17) is 0 Å². The Balaban J connectivity index is 1.82. The number of benzene rings is 1. The third-order valence-corrected chi connectivity index (χ3v) is 2.65. The quantitative estimate of drug-likeness (QED) is 0.797. The molecule has 2 aromatic rings. The molecule has 0 radical (unpaired) electrons. The van der Waals surface area contributed by atoms with Gasteiger partial charge in [0.1, 0.15) is 5.82 Å². The van der Waals surface area contributed by atoms with Crippen LogP contribution in [0.5, 0.6) is 0 Å². The molecular formula is C14H19N5. The lowest BCUT2D eigenvalue weighted by atomic mass is 10.1. The van der Waals surface area contributed by atoms with Crippen LogP contribution in [0.15, 0.2) is 36.5 Å². The van der Waals surface area contributed by atoms with Crippen molar-refractivity contribution in [3.63, 3.8) is 0 Å². The van der Waals surface area contributed by atoms with Crippen LogP contribution in [0.25, 0.3) is 0 Å². The van der Waals surface area contributed by atoms with E-state index in [1.165, 1.54) is 5.56 Å². The fourth-order valence-corrected chi connectivity index (χ4v) is 1.68. The predicted octanol–water partition coefficient (Wildman–Crippen LogP) is 2.35. The molecule has 19 heavy (non-hydrogen) atoms. The molecule has 1 aromatic heterocycles. The Morgan fingerprint density at radius 1 is 1.05 bits per heavy atom. The molecule has 1 aromatic carbocycles. The monoisotopic (exact) mass is 257 g/mol. The molecule has 0 fully saturated rings. The molecule has 0 aliphatic rings. The standard InChI is InChI=1S/C14H19N5/c1-2-9-15-13-11-17-19-14(18-13)16-10-8-12-6-4-3-5-7-12/h3-7,11H,2,8-10H2,1H3,(H2,15,16,18,19). The minimum absolute atomic E-state index is 0.567. The first-order valence-electron chi connectivity index (χ1n) is 6.60. The zero-order valence-corrected chi connectivity index (χ0v) is 11.1. The lowest BCUT2D eigenvalue weighted by Gasteiger charge is -2.06. The third kappa shape index (κ3) is 4.54. The largest absolute Gasteiger partial charge is 0.369 e. The summed E-state index contributed by atoms with van der Waals surface area (Å²) < 4.78 is 0. The van der Waals surface area contributed by atoms with Gasteiger partial charge in [-0.05, 0) is 18.4 Å². The molecule has 2 N–H and O–H groups in total. The minimum Gasteiger partial charge on any atom is -0.369 e. The fraction of sp³-hybridized carbons (Fsp3) is 0.357. The summed E-state index contributed by atoms with van der Waals surface area (Å²) in [7, 11) is 0. The van der Waals surface area contributed by atoms with Crippen molar-refractivity contribution in [3.05, 3.63) is 42.1 Å². The molecule has 0 unspecified atom stereocenters. The van der Waals surface area contributed by atoms with E-state index in [1.807, 2.05) is 18.2 Å². The highest BCUT2D eigenvalue weighted by Crippen LogP contribution is 2.04. The summed E-state index contributed by atoms with van der Waals surface area (Å²) in [6, 6.07) is 10.3. The first kappa shape index (κ1) is 13.3. The Morgan fingerprint density at radius 2 is 1.89 bits per heavy atom. The van der Waals surface area contributed by atoms with Gasteiger partial charge in [-0.3, -0.25) is 0 Å². The zero-order valence-electron chi connectivity index (χ0n) is 11.1. The number of aromatic nitrogens is 3. The maximum absolute atomic E-state index is 4.35. The van der Waals surface area contributed by atoms with Gasteiger partial charge in [0, 0.05) is 13.1 Å². The normalized spacial score (nSPS) is 10.2. The molecule has 0 aliphatic carbocycles.